The van der Waals surface area contributed by atoms with Crippen LogP contribution in [0, 0.1) is 0 Å². The van der Waals surface area contributed by atoms with Crippen molar-refractivity contribution in [2.45, 2.75) is 25.5 Å². The molecule has 1 aliphatic rings. The molecule has 2 N–H and O–H groups in total. The number of rotatable bonds is 5. The van der Waals surface area contributed by atoms with Crippen molar-refractivity contribution >= 4 is 33.9 Å². The summed E-state index contributed by atoms with van der Waals surface area (Å²) in [5.74, 6) is 0.708. The van der Waals surface area contributed by atoms with Crippen LogP contribution in [-0.4, -0.2) is 60.0 Å². The van der Waals surface area contributed by atoms with Crippen LogP contribution in [-0.2, 0) is 25.4 Å². The fraction of sp³-hybridized carbons (Fsp3) is 0.286. The third-order valence-corrected chi connectivity index (χ3v) is 7.21. The Morgan fingerprint density at radius 3 is 2.74 bits per heavy atom. The summed E-state index contributed by atoms with van der Waals surface area (Å²) in [6, 6.07) is 16.1. The first-order valence-corrected chi connectivity index (χ1v) is 12.7. The lowest BCUT2D eigenvalue weighted by molar-refractivity contribution is 0.0373. The summed E-state index contributed by atoms with van der Waals surface area (Å²) in [5.41, 5.74) is 10.6. The Labute approximate surface area is 219 Å². The summed E-state index contributed by atoms with van der Waals surface area (Å²) in [4.78, 5) is 31.2. The molecule has 0 bridgehead atoms. The van der Waals surface area contributed by atoms with E-state index in [0.29, 0.717) is 31.6 Å². The van der Waals surface area contributed by atoms with E-state index in [0.717, 1.165) is 45.4 Å². The fourth-order valence-electron chi connectivity index (χ4n) is 5.43. The number of aromatic nitrogens is 5. The standard InChI is InChI=1S/C28H29N7O3/c1-32-15-18(14-30-32)16-35-23-8-4-3-6-19(23)13-25(35)26-31-22-12-20(9-10-24(22)33(26)2)27(36)34-11-5-7-21(17-34)38-28(29)37/h3-4,6,8-10,12-15,21H,5,7,11,16-17H2,1-2H3,(H2,29,37)/t21-/m1/s1. The van der Waals surface area contributed by atoms with Gasteiger partial charge in [-0.25, -0.2) is 9.78 Å². The second-order valence-electron chi connectivity index (χ2n) is 9.85. The Hall–Kier alpha value is -4.60. The SMILES string of the molecule is Cn1cc(Cn2c(-c3nc4cc(C(=O)N5CCC[C@@H](OC(N)=O)C5)ccc4n3C)cc3ccccc32)cn1. The number of fused-ring (bicyclic) bond motifs is 2. The van der Waals surface area contributed by atoms with Crippen molar-refractivity contribution in [1.82, 2.24) is 28.8 Å². The van der Waals surface area contributed by atoms with Gasteiger partial charge in [-0.15, -0.1) is 0 Å². The van der Waals surface area contributed by atoms with Crippen molar-refractivity contribution in [2.24, 2.45) is 19.8 Å². The topological polar surface area (TPSA) is 113 Å². The number of carbonyl (C=O) groups is 2. The highest BCUT2D eigenvalue weighted by Gasteiger charge is 2.27. The maximum absolute atomic E-state index is 13.3. The number of carbonyl (C=O) groups excluding carboxylic acids is 2. The number of benzene rings is 2. The molecule has 10 heteroatoms. The molecule has 1 fully saturated rings. The van der Waals surface area contributed by atoms with Gasteiger partial charge >= 0.3 is 6.09 Å². The Bertz CT molecular complexity index is 1680. The largest absolute Gasteiger partial charge is 0.445 e. The number of amides is 2. The molecule has 0 unspecified atom stereocenters. The van der Waals surface area contributed by atoms with E-state index in [4.69, 9.17) is 15.5 Å². The lowest BCUT2D eigenvalue weighted by Gasteiger charge is -2.32. The Morgan fingerprint density at radius 1 is 1.11 bits per heavy atom. The summed E-state index contributed by atoms with van der Waals surface area (Å²) in [6.07, 6.45) is 4.16. The molecule has 194 valence electrons. The highest BCUT2D eigenvalue weighted by molar-refractivity contribution is 5.98. The zero-order valence-corrected chi connectivity index (χ0v) is 21.4. The van der Waals surface area contributed by atoms with Crippen molar-refractivity contribution in [3.05, 3.63) is 72.1 Å². The molecule has 6 rings (SSSR count). The van der Waals surface area contributed by atoms with Crippen LogP contribution in [0.2, 0.25) is 0 Å². The molecular formula is C28H29N7O3. The normalized spacial score (nSPS) is 15.8. The zero-order valence-electron chi connectivity index (χ0n) is 21.4. The molecule has 5 aromatic rings. The van der Waals surface area contributed by atoms with Gasteiger partial charge in [0.15, 0.2) is 5.82 Å². The molecular weight excluding hydrogens is 482 g/mol. The molecule has 0 radical (unpaired) electrons. The van der Waals surface area contributed by atoms with Crippen LogP contribution in [0.4, 0.5) is 4.79 Å². The van der Waals surface area contributed by atoms with Crippen LogP contribution in [0.3, 0.4) is 0 Å². The zero-order chi connectivity index (χ0) is 26.4. The van der Waals surface area contributed by atoms with Crippen LogP contribution in [0.1, 0.15) is 28.8 Å². The summed E-state index contributed by atoms with van der Waals surface area (Å²) in [7, 11) is 3.91. The van der Waals surface area contributed by atoms with E-state index in [1.807, 2.05) is 56.8 Å². The first-order valence-electron chi connectivity index (χ1n) is 12.7. The number of hydrogen-bond acceptors (Lipinski definition) is 5. The summed E-state index contributed by atoms with van der Waals surface area (Å²) in [5, 5.41) is 5.46. The van der Waals surface area contributed by atoms with E-state index < -0.39 is 6.09 Å². The number of primary amides is 1. The quantitative estimate of drug-likeness (QED) is 0.387. The highest BCUT2D eigenvalue weighted by Crippen LogP contribution is 2.31. The molecule has 2 amide bonds. The van der Waals surface area contributed by atoms with Gasteiger partial charge in [0.25, 0.3) is 5.91 Å². The van der Waals surface area contributed by atoms with Gasteiger partial charge in [-0.1, -0.05) is 18.2 Å². The lowest BCUT2D eigenvalue weighted by atomic mass is 10.1. The Morgan fingerprint density at radius 2 is 1.95 bits per heavy atom. The molecule has 0 aliphatic carbocycles. The van der Waals surface area contributed by atoms with Crippen molar-refractivity contribution in [3.63, 3.8) is 0 Å². The first-order chi connectivity index (χ1) is 18.4. The maximum atomic E-state index is 13.3. The molecule has 1 saturated heterocycles. The third kappa shape index (κ3) is 4.27. The predicted octanol–water partition coefficient (Wildman–Crippen LogP) is 3.68. The number of nitrogens with zero attached hydrogens (tertiary/aromatic N) is 6. The van der Waals surface area contributed by atoms with Crippen molar-refractivity contribution in [2.75, 3.05) is 13.1 Å². The minimum Gasteiger partial charge on any atom is -0.445 e. The molecule has 38 heavy (non-hydrogen) atoms. The van der Waals surface area contributed by atoms with E-state index >= 15 is 0 Å². The van der Waals surface area contributed by atoms with Crippen molar-refractivity contribution in [1.29, 1.82) is 0 Å². The molecule has 2 aromatic carbocycles. The number of piperidine rings is 1. The number of imidazole rings is 1. The number of ether oxygens (including phenoxy) is 1. The molecule has 10 nitrogen and oxygen atoms in total. The Balaban J connectivity index is 1.36. The second-order valence-corrected chi connectivity index (χ2v) is 9.85. The van der Waals surface area contributed by atoms with Gasteiger partial charge in [0.2, 0.25) is 0 Å². The molecule has 0 saturated carbocycles. The van der Waals surface area contributed by atoms with Crippen molar-refractivity contribution < 1.29 is 14.3 Å². The van der Waals surface area contributed by atoms with E-state index in [9.17, 15) is 9.59 Å². The third-order valence-electron chi connectivity index (χ3n) is 7.21. The van der Waals surface area contributed by atoms with E-state index in [1.54, 1.807) is 9.58 Å². The van der Waals surface area contributed by atoms with Crippen LogP contribution in [0.15, 0.2) is 60.9 Å². The fourth-order valence-corrected chi connectivity index (χ4v) is 5.43. The number of para-hydroxylation sites is 1. The summed E-state index contributed by atoms with van der Waals surface area (Å²) < 4.78 is 11.3. The predicted molar refractivity (Wildman–Crippen MR) is 144 cm³/mol. The van der Waals surface area contributed by atoms with E-state index in [1.165, 1.54) is 0 Å². The van der Waals surface area contributed by atoms with Gasteiger partial charge in [-0.3, -0.25) is 9.48 Å². The average Bonchev–Trinajstić information content (AvgIpc) is 3.58. The maximum Gasteiger partial charge on any atom is 0.404 e. The smallest absolute Gasteiger partial charge is 0.404 e. The molecule has 4 heterocycles. The van der Waals surface area contributed by atoms with Crippen LogP contribution in [0.25, 0.3) is 33.5 Å². The monoisotopic (exact) mass is 511 g/mol. The van der Waals surface area contributed by atoms with Crippen LogP contribution in [0.5, 0.6) is 0 Å². The average molecular weight is 512 g/mol. The number of aryl methyl sites for hydroxylation is 2. The number of hydrogen-bond donors (Lipinski definition) is 1. The van der Waals surface area contributed by atoms with E-state index in [-0.39, 0.29) is 12.0 Å². The highest BCUT2D eigenvalue weighted by atomic mass is 16.6. The first kappa shape index (κ1) is 23.8. The van der Waals surface area contributed by atoms with Gasteiger partial charge in [-0.05, 0) is 43.2 Å². The lowest BCUT2D eigenvalue weighted by Crippen LogP contribution is -2.44. The van der Waals surface area contributed by atoms with Gasteiger partial charge in [0.05, 0.1) is 36.0 Å². The van der Waals surface area contributed by atoms with Crippen LogP contribution >= 0.6 is 0 Å². The second kappa shape index (κ2) is 9.37. The van der Waals surface area contributed by atoms with Gasteiger partial charge in [-0.2, -0.15) is 5.10 Å². The van der Waals surface area contributed by atoms with Gasteiger partial charge < -0.3 is 24.5 Å². The molecule has 1 aliphatic heterocycles. The summed E-state index contributed by atoms with van der Waals surface area (Å²) in [6.45, 7) is 1.60. The molecule has 0 spiro atoms. The number of nitrogens with two attached hydrogens (primary N) is 1. The molecule has 3 aromatic heterocycles. The van der Waals surface area contributed by atoms with Crippen molar-refractivity contribution in [3.8, 4) is 11.5 Å². The Kier molecular flexibility index (Phi) is 5.86. The van der Waals surface area contributed by atoms with Crippen LogP contribution < -0.4 is 5.73 Å². The minimum absolute atomic E-state index is 0.109. The number of likely N-dealkylation sites (tertiary alicyclic amines) is 1. The van der Waals surface area contributed by atoms with E-state index in [2.05, 4.69) is 32.4 Å². The minimum atomic E-state index is -0.812. The van der Waals surface area contributed by atoms with Gasteiger partial charge in [0, 0.05) is 48.9 Å². The molecule has 1 atom stereocenters. The van der Waals surface area contributed by atoms with Gasteiger partial charge in [0.1, 0.15) is 6.10 Å². The summed E-state index contributed by atoms with van der Waals surface area (Å²) >= 11 is 0.